The number of ether oxygens (including phenoxy) is 1. The van der Waals surface area contributed by atoms with Crippen LogP contribution in [0.25, 0.3) is 11.1 Å². The van der Waals surface area contributed by atoms with Gasteiger partial charge < -0.3 is 20.5 Å². The number of alkyl carbamates (subject to hydrolysis) is 1. The Bertz CT molecular complexity index is 1120. The van der Waals surface area contributed by atoms with Crippen molar-refractivity contribution in [1.29, 1.82) is 0 Å². The minimum absolute atomic E-state index is 0.0259. The van der Waals surface area contributed by atoms with Crippen molar-refractivity contribution in [3.05, 3.63) is 95.6 Å². The van der Waals surface area contributed by atoms with Gasteiger partial charge in [-0.25, -0.2) is 9.59 Å². The highest BCUT2D eigenvalue weighted by Gasteiger charge is 2.29. The fourth-order valence-corrected chi connectivity index (χ4v) is 4.06. The molecule has 0 saturated heterocycles. The Balaban J connectivity index is 1.32. The molecule has 2 amide bonds. The van der Waals surface area contributed by atoms with Crippen molar-refractivity contribution in [2.45, 2.75) is 18.4 Å². The minimum Gasteiger partial charge on any atom is -0.480 e. The summed E-state index contributed by atoms with van der Waals surface area (Å²) in [6, 6.07) is 23.4. The standard InChI is InChI=1S/C26H24N2O5/c29-24(17-8-2-1-3-9-17)27-15-14-23(25(30)31)28-26(32)33-16-22-20-12-6-4-10-18(20)19-11-5-7-13-21(19)22/h1-13,22-23H,14-16H2,(H,27,29)(H,28,32)(H,30,31)/t23-/m0/s1. The molecule has 168 valence electrons. The number of carbonyl (C=O) groups excluding carboxylic acids is 2. The lowest BCUT2D eigenvalue weighted by Crippen LogP contribution is -2.43. The van der Waals surface area contributed by atoms with Crippen LogP contribution in [0.5, 0.6) is 0 Å². The van der Waals surface area contributed by atoms with Crippen LogP contribution in [0.1, 0.15) is 33.8 Å². The van der Waals surface area contributed by atoms with E-state index >= 15 is 0 Å². The number of fused-ring (bicyclic) bond motifs is 3. The highest BCUT2D eigenvalue weighted by molar-refractivity contribution is 5.94. The zero-order valence-corrected chi connectivity index (χ0v) is 17.9. The Kier molecular flexibility index (Phi) is 6.69. The molecule has 0 unspecified atom stereocenters. The monoisotopic (exact) mass is 444 g/mol. The van der Waals surface area contributed by atoms with Crippen LogP contribution < -0.4 is 10.6 Å². The Morgan fingerprint density at radius 3 is 2.03 bits per heavy atom. The van der Waals surface area contributed by atoms with Gasteiger partial charge in [-0.05, 0) is 40.8 Å². The van der Waals surface area contributed by atoms with Gasteiger partial charge in [0.15, 0.2) is 0 Å². The Labute approximate surface area is 191 Å². The lowest BCUT2D eigenvalue weighted by Gasteiger charge is -2.17. The maximum absolute atomic E-state index is 12.4. The van der Waals surface area contributed by atoms with Crippen molar-refractivity contribution in [1.82, 2.24) is 10.6 Å². The molecule has 0 bridgehead atoms. The number of hydrogen-bond acceptors (Lipinski definition) is 4. The molecule has 0 radical (unpaired) electrons. The van der Waals surface area contributed by atoms with Crippen LogP contribution in [0.3, 0.4) is 0 Å². The van der Waals surface area contributed by atoms with E-state index in [0.717, 1.165) is 22.3 Å². The maximum atomic E-state index is 12.4. The second-order valence-electron chi connectivity index (χ2n) is 7.77. The first-order valence-electron chi connectivity index (χ1n) is 10.7. The molecule has 0 saturated carbocycles. The van der Waals surface area contributed by atoms with Gasteiger partial charge in [0.2, 0.25) is 0 Å². The van der Waals surface area contributed by atoms with Crippen molar-refractivity contribution in [3.8, 4) is 11.1 Å². The van der Waals surface area contributed by atoms with E-state index in [1.54, 1.807) is 30.3 Å². The predicted molar refractivity (Wildman–Crippen MR) is 123 cm³/mol. The van der Waals surface area contributed by atoms with Gasteiger partial charge in [-0.1, -0.05) is 66.7 Å². The fourth-order valence-electron chi connectivity index (χ4n) is 4.06. The summed E-state index contributed by atoms with van der Waals surface area (Å²) in [5.41, 5.74) is 4.85. The van der Waals surface area contributed by atoms with E-state index < -0.39 is 18.1 Å². The molecule has 33 heavy (non-hydrogen) atoms. The molecular formula is C26H24N2O5. The summed E-state index contributed by atoms with van der Waals surface area (Å²) in [5.74, 6) is -1.62. The Morgan fingerprint density at radius 2 is 1.42 bits per heavy atom. The summed E-state index contributed by atoms with van der Waals surface area (Å²) in [6.07, 6.45) is -0.781. The third-order valence-electron chi connectivity index (χ3n) is 5.69. The first-order chi connectivity index (χ1) is 16.0. The smallest absolute Gasteiger partial charge is 0.407 e. The zero-order chi connectivity index (χ0) is 23.2. The molecule has 0 fully saturated rings. The van der Waals surface area contributed by atoms with Gasteiger partial charge >= 0.3 is 12.1 Å². The summed E-state index contributed by atoms with van der Waals surface area (Å²) < 4.78 is 5.42. The van der Waals surface area contributed by atoms with Crippen LogP contribution in [0.2, 0.25) is 0 Å². The Hall–Kier alpha value is -4.13. The van der Waals surface area contributed by atoms with Crippen molar-refractivity contribution < 1.29 is 24.2 Å². The first kappa shape index (κ1) is 22.1. The first-order valence-corrected chi connectivity index (χ1v) is 10.7. The van der Waals surface area contributed by atoms with Gasteiger partial charge in [0, 0.05) is 18.0 Å². The number of aliphatic carboxylic acids is 1. The van der Waals surface area contributed by atoms with Gasteiger partial charge in [-0.3, -0.25) is 4.79 Å². The quantitative estimate of drug-likeness (QED) is 0.490. The number of nitrogens with one attached hydrogen (secondary N) is 2. The molecule has 0 aromatic heterocycles. The van der Waals surface area contributed by atoms with E-state index in [0.29, 0.717) is 5.56 Å². The Morgan fingerprint density at radius 1 is 0.848 bits per heavy atom. The van der Waals surface area contributed by atoms with Gasteiger partial charge in [0.1, 0.15) is 12.6 Å². The van der Waals surface area contributed by atoms with E-state index in [1.165, 1.54) is 0 Å². The summed E-state index contributed by atoms with van der Waals surface area (Å²) in [4.78, 5) is 36.1. The van der Waals surface area contributed by atoms with Gasteiger partial charge in [-0.15, -0.1) is 0 Å². The summed E-state index contributed by atoms with van der Waals surface area (Å²) >= 11 is 0. The van der Waals surface area contributed by atoms with E-state index in [9.17, 15) is 19.5 Å². The molecular weight excluding hydrogens is 420 g/mol. The van der Waals surface area contributed by atoms with Crippen LogP contribution in [0.15, 0.2) is 78.9 Å². The molecule has 4 rings (SSSR count). The van der Waals surface area contributed by atoms with E-state index in [-0.39, 0.29) is 31.4 Å². The lowest BCUT2D eigenvalue weighted by molar-refractivity contribution is -0.139. The van der Waals surface area contributed by atoms with Crippen LogP contribution in [-0.2, 0) is 9.53 Å². The summed E-state index contributed by atoms with van der Waals surface area (Å²) in [5, 5.41) is 14.5. The molecule has 1 aliphatic rings. The van der Waals surface area contributed by atoms with E-state index in [4.69, 9.17) is 4.74 Å². The molecule has 0 aliphatic heterocycles. The number of carboxylic acid groups (broad SMARTS) is 1. The molecule has 1 atom stereocenters. The molecule has 3 N–H and O–H groups in total. The number of carbonyl (C=O) groups is 3. The van der Waals surface area contributed by atoms with Crippen LogP contribution in [0, 0.1) is 0 Å². The normalized spacial score (nSPS) is 12.8. The van der Waals surface area contributed by atoms with Crippen LogP contribution in [0.4, 0.5) is 4.79 Å². The average Bonchev–Trinajstić information content (AvgIpc) is 3.16. The second kappa shape index (κ2) is 9.99. The molecule has 0 heterocycles. The highest BCUT2D eigenvalue weighted by Crippen LogP contribution is 2.44. The van der Waals surface area contributed by atoms with Gasteiger partial charge in [0.05, 0.1) is 0 Å². The number of amides is 2. The zero-order valence-electron chi connectivity index (χ0n) is 17.9. The predicted octanol–water partition coefficient (Wildman–Crippen LogP) is 3.80. The lowest BCUT2D eigenvalue weighted by atomic mass is 9.98. The third kappa shape index (κ3) is 5.03. The average molecular weight is 444 g/mol. The fraction of sp³-hybridized carbons (Fsp3) is 0.192. The van der Waals surface area contributed by atoms with Crippen molar-refractivity contribution >= 4 is 18.0 Å². The number of benzene rings is 3. The third-order valence-corrected chi connectivity index (χ3v) is 5.69. The topological polar surface area (TPSA) is 105 Å². The van der Waals surface area contributed by atoms with Crippen molar-refractivity contribution in [2.75, 3.05) is 13.2 Å². The number of hydrogen-bond donors (Lipinski definition) is 3. The van der Waals surface area contributed by atoms with Gasteiger partial charge in [-0.2, -0.15) is 0 Å². The maximum Gasteiger partial charge on any atom is 0.407 e. The van der Waals surface area contributed by atoms with E-state index in [2.05, 4.69) is 10.6 Å². The number of carboxylic acids is 1. The van der Waals surface area contributed by atoms with Crippen molar-refractivity contribution in [3.63, 3.8) is 0 Å². The number of rotatable bonds is 8. The van der Waals surface area contributed by atoms with Crippen LogP contribution >= 0.6 is 0 Å². The molecule has 7 heteroatoms. The molecule has 3 aromatic rings. The summed E-state index contributed by atoms with van der Waals surface area (Å²) in [6.45, 7) is 0.186. The van der Waals surface area contributed by atoms with Crippen molar-refractivity contribution in [2.24, 2.45) is 0 Å². The molecule has 0 spiro atoms. The van der Waals surface area contributed by atoms with Crippen LogP contribution in [-0.4, -0.2) is 42.3 Å². The SMILES string of the molecule is O=C(N[C@@H](CCNC(=O)c1ccccc1)C(=O)O)OCC1c2ccccc2-c2ccccc21. The molecule has 1 aliphatic carbocycles. The summed E-state index contributed by atoms with van der Waals surface area (Å²) in [7, 11) is 0. The van der Waals surface area contributed by atoms with Gasteiger partial charge in [0.25, 0.3) is 5.91 Å². The largest absolute Gasteiger partial charge is 0.480 e. The molecule has 7 nitrogen and oxygen atoms in total. The van der Waals surface area contributed by atoms with E-state index in [1.807, 2.05) is 48.5 Å². The minimum atomic E-state index is -1.20. The second-order valence-corrected chi connectivity index (χ2v) is 7.77. The molecule has 3 aromatic carbocycles. The highest BCUT2D eigenvalue weighted by atomic mass is 16.5.